The number of hydrogen-bond acceptors (Lipinski definition) is 4. The third-order valence-corrected chi connectivity index (χ3v) is 5.87. The summed E-state index contributed by atoms with van der Waals surface area (Å²) in [6.45, 7) is 4.66. The van der Waals surface area contributed by atoms with Gasteiger partial charge in [-0.2, -0.15) is 0 Å². The van der Waals surface area contributed by atoms with Crippen LogP contribution < -0.4 is 0 Å². The minimum atomic E-state index is -0.201. The Balaban J connectivity index is 1.35. The van der Waals surface area contributed by atoms with Crippen molar-refractivity contribution in [1.29, 1.82) is 0 Å². The van der Waals surface area contributed by atoms with E-state index in [0.717, 1.165) is 57.1 Å². The third-order valence-electron chi connectivity index (χ3n) is 5.87. The number of likely N-dealkylation sites (tertiary alicyclic amines) is 1. The van der Waals surface area contributed by atoms with Gasteiger partial charge in [0.05, 0.1) is 18.4 Å². The molecule has 2 unspecified atom stereocenters. The molecule has 1 aromatic rings. The van der Waals surface area contributed by atoms with Crippen LogP contribution in [0, 0.1) is 11.7 Å². The summed E-state index contributed by atoms with van der Waals surface area (Å²) >= 11 is 0. The van der Waals surface area contributed by atoms with Crippen LogP contribution in [0.15, 0.2) is 18.5 Å². The van der Waals surface area contributed by atoms with Gasteiger partial charge in [-0.1, -0.05) is 0 Å². The van der Waals surface area contributed by atoms with E-state index in [1.54, 1.807) is 12.3 Å². The second-order valence-electron chi connectivity index (χ2n) is 8.02. The molecule has 4 rings (SSSR count). The molecule has 0 N–H and O–H groups in total. The second-order valence-corrected chi connectivity index (χ2v) is 8.02. The topological polar surface area (TPSA) is 28.6 Å². The number of ether oxygens (including phenoxy) is 1. The highest BCUT2D eigenvalue weighted by molar-refractivity contribution is 5.13. The van der Waals surface area contributed by atoms with E-state index in [1.165, 1.54) is 19.0 Å². The molecule has 132 valence electrons. The van der Waals surface area contributed by atoms with Crippen molar-refractivity contribution in [3.63, 3.8) is 0 Å². The van der Waals surface area contributed by atoms with Crippen molar-refractivity contribution in [3.05, 3.63) is 29.8 Å². The lowest BCUT2D eigenvalue weighted by molar-refractivity contribution is -0.0537. The van der Waals surface area contributed by atoms with Crippen LogP contribution in [0.1, 0.15) is 37.7 Å². The smallest absolute Gasteiger partial charge is 0.145 e. The average molecular weight is 333 g/mol. The Bertz CT molecular complexity index is 579. The van der Waals surface area contributed by atoms with Crippen molar-refractivity contribution in [2.24, 2.45) is 5.92 Å². The first-order valence-electron chi connectivity index (χ1n) is 9.28. The molecule has 2 atom stereocenters. The van der Waals surface area contributed by atoms with Crippen molar-refractivity contribution >= 4 is 0 Å². The molecule has 1 spiro atoms. The Hall–Kier alpha value is -1.04. The number of rotatable bonds is 5. The Morgan fingerprint density at radius 2 is 2.33 bits per heavy atom. The fraction of sp³-hybridized carbons (Fsp3) is 0.737. The molecule has 3 aliphatic rings. The predicted octanol–water partition coefficient (Wildman–Crippen LogP) is 2.69. The summed E-state index contributed by atoms with van der Waals surface area (Å²) in [4.78, 5) is 8.71. The highest BCUT2D eigenvalue weighted by Gasteiger charge is 2.44. The Morgan fingerprint density at radius 1 is 1.46 bits per heavy atom. The van der Waals surface area contributed by atoms with Crippen LogP contribution in [0.4, 0.5) is 4.39 Å². The van der Waals surface area contributed by atoms with Crippen molar-refractivity contribution in [2.45, 2.75) is 50.3 Å². The van der Waals surface area contributed by atoms with E-state index in [9.17, 15) is 4.39 Å². The molecular formula is C19H28FN3O. The number of aromatic nitrogens is 1. The van der Waals surface area contributed by atoms with Gasteiger partial charge >= 0.3 is 0 Å². The molecule has 0 radical (unpaired) electrons. The van der Waals surface area contributed by atoms with Crippen LogP contribution in [-0.4, -0.2) is 59.7 Å². The van der Waals surface area contributed by atoms with Gasteiger partial charge < -0.3 is 9.64 Å². The monoisotopic (exact) mass is 333 g/mol. The van der Waals surface area contributed by atoms with E-state index in [-0.39, 0.29) is 11.4 Å². The van der Waals surface area contributed by atoms with Crippen LogP contribution in [0.25, 0.3) is 0 Å². The summed E-state index contributed by atoms with van der Waals surface area (Å²) in [7, 11) is 2.25. The molecule has 2 saturated heterocycles. The van der Waals surface area contributed by atoms with Crippen LogP contribution in [0.3, 0.4) is 0 Å². The molecule has 4 nitrogen and oxygen atoms in total. The second kappa shape index (κ2) is 6.70. The average Bonchev–Trinajstić information content (AvgIpc) is 3.35. The minimum absolute atomic E-state index is 0.00316. The van der Waals surface area contributed by atoms with Crippen LogP contribution in [0.2, 0.25) is 0 Å². The first-order chi connectivity index (χ1) is 11.6. The molecule has 1 aliphatic carbocycles. The van der Waals surface area contributed by atoms with E-state index < -0.39 is 0 Å². The number of piperidine rings is 1. The lowest BCUT2D eigenvalue weighted by Crippen LogP contribution is -2.47. The molecule has 0 amide bonds. The highest BCUT2D eigenvalue weighted by atomic mass is 19.1. The predicted molar refractivity (Wildman–Crippen MR) is 91.1 cm³/mol. The number of nitrogens with zero attached hydrogens (tertiary/aromatic N) is 3. The summed E-state index contributed by atoms with van der Waals surface area (Å²) in [5, 5.41) is 0. The quantitative estimate of drug-likeness (QED) is 0.828. The first kappa shape index (κ1) is 16.4. The Labute approximate surface area is 144 Å². The summed E-state index contributed by atoms with van der Waals surface area (Å²) in [6, 6.07) is 2.61. The van der Waals surface area contributed by atoms with Crippen LogP contribution in [0.5, 0.6) is 0 Å². The standard InChI is InChI=1S/C19H28FN3O/c1-22(17-3-4-17)11-15-9-19(24-13-15)6-2-8-23(14-19)12-16-5-7-21-10-18(16)20/h5,7,10,15,17H,2-4,6,8-9,11-14H2,1H3. The Morgan fingerprint density at radius 3 is 3.12 bits per heavy atom. The lowest BCUT2D eigenvalue weighted by atomic mass is 9.86. The maximum absolute atomic E-state index is 13.9. The summed E-state index contributed by atoms with van der Waals surface area (Å²) in [6.07, 6.45) is 9.14. The van der Waals surface area contributed by atoms with Crippen molar-refractivity contribution in [1.82, 2.24) is 14.8 Å². The van der Waals surface area contributed by atoms with E-state index in [0.29, 0.717) is 12.5 Å². The summed E-state index contributed by atoms with van der Waals surface area (Å²) < 4.78 is 20.2. The zero-order valence-electron chi connectivity index (χ0n) is 14.6. The molecule has 0 bridgehead atoms. The van der Waals surface area contributed by atoms with Crippen LogP contribution >= 0.6 is 0 Å². The largest absolute Gasteiger partial charge is 0.373 e. The maximum atomic E-state index is 13.9. The van der Waals surface area contributed by atoms with Crippen molar-refractivity contribution in [2.75, 3.05) is 33.3 Å². The van der Waals surface area contributed by atoms with Gasteiger partial charge in [0, 0.05) is 37.4 Å². The number of hydrogen-bond donors (Lipinski definition) is 0. The fourth-order valence-corrected chi connectivity index (χ4v) is 4.51. The molecule has 24 heavy (non-hydrogen) atoms. The van der Waals surface area contributed by atoms with E-state index >= 15 is 0 Å². The van der Waals surface area contributed by atoms with E-state index in [2.05, 4.69) is 21.8 Å². The first-order valence-corrected chi connectivity index (χ1v) is 9.28. The zero-order chi connectivity index (χ0) is 16.6. The Kier molecular flexibility index (Phi) is 4.58. The molecule has 0 aromatic carbocycles. The van der Waals surface area contributed by atoms with Gasteiger partial charge in [-0.25, -0.2) is 4.39 Å². The summed E-state index contributed by atoms with van der Waals surface area (Å²) in [5.41, 5.74) is 0.738. The van der Waals surface area contributed by atoms with Gasteiger partial charge in [-0.15, -0.1) is 0 Å². The molecule has 1 saturated carbocycles. The molecule has 2 aliphatic heterocycles. The molecule has 5 heteroatoms. The maximum Gasteiger partial charge on any atom is 0.145 e. The van der Waals surface area contributed by atoms with E-state index in [4.69, 9.17) is 4.74 Å². The van der Waals surface area contributed by atoms with Gasteiger partial charge in [0.1, 0.15) is 5.82 Å². The normalized spacial score (nSPS) is 31.2. The third kappa shape index (κ3) is 3.63. The molecule has 3 heterocycles. The van der Waals surface area contributed by atoms with E-state index in [1.807, 2.05) is 0 Å². The molecule has 3 fully saturated rings. The highest BCUT2D eigenvalue weighted by Crippen LogP contribution is 2.39. The number of pyridine rings is 1. The SMILES string of the molecule is CN(CC1COC2(CCCN(Cc3ccncc3F)C2)C1)C1CC1. The minimum Gasteiger partial charge on any atom is -0.373 e. The van der Waals surface area contributed by atoms with Gasteiger partial charge in [-0.3, -0.25) is 9.88 Å². The zero-order valence-corrected chi connectivity index (χ0v) is 14.6. The lowest BCUT2D eigenvalue weighted by Gasteiger charge is -2.40. The van der Waals surface area contributed by atoms with Crippen molar-refractivity contribution < 1.29 is 9.13 Å². The van der Waals surface area contributed by atoms with Gasteiger partial charge in [-0.05, 0) is 57.7 Å². The summed E-state index contributed by atoms with van der Waals surface area (Å²) in [5.74, 6) is 0.446. The van der Waals surface area contributed by atoms with Crippen molar-refractivity contribution in [3.8, 4) is 0 Å². The fourth-order valence-electron chi connectivity index (χ4n) is 4.51. The van der Waals surface area contributed by atoms with Gasteiger partial charge in [0.25, 0.3) is 0 Å². The number of halogens is 1. The molecular weight excluding hydrogens is 305 g/mol. The molecule has 1 aromatic heterocycles. The van der Waals surface area contributed by atoms with Gasteiger partial charge in [0.15, 0.2) is 0 Å². The van der Waals surface area contributed by atoms with Crippen LogP contribution in [-0.2, 0) is 11.3 Å². The van der Waals surface area contributed by atoms with Gasteiger partial charge in [0.2, 0.25) is 0 Å².